The van der Waals surface area contributed by atoms with E-state index in [9.17, 15) is 4.79 Å². The molecule has 1 amide bonds. The molecule has 17 heavy (non-hydrogen) atoms. The summed E-state index contributed by atoms with van der Waals surface area (Å²) in [5.74, 6) is 0. The van der Waals surface area contributed by atoms with E-state index in [0.717, 1.165) is 6.42 Å². The second-order valence-electron chi connectivity index (χ2n) is 5.72. The zero-order chi connectivity index (χ0) is 13.1. The molecule has 0 spiro atoms. The fraction of sp³-hybridized carbons (Fsp3) is 0.923. The van der Waals surface area contributed by atoms with E-state index in [2.05, 4.69) is 6.26 Å². The maximum atomic E-state index is 12.0. The van der Waals surface area contributed by atoms with Crippen LogP contribution in [0.3, 0.4) is 0 Å². The number of amides is 1. The Balaban J connectivity index is 2.60. The molecule has 0 aromatic carbocycles. The van der Waals surface area contributed by atoms with E-state index < -0.39 is 5.60 Å². The molecule has 4 heteroatoms. The van der Waals surface area contributed by atoms with Crippen LogP contribution in [0.2, 0.25) is 0 Å². The Labute approximate surface area is 109 Å². The van der Waals surface area contributed by atoms with Crippen LogP contribution >= 0.6 is 11.8 Å². The highest BCUT2D eigenvalue weighted by atomic mass is 32.2. The van der Waals surface area contributed by atoms with Crippen molar-refractivity contribution in [1.82, 2.24) is 4.90 Å². The Hall–Kier alpha value is -0.380. The molecule has 1 rings (SSSR count). The molecule has 0 saturated heterocycles. The van der Waals surface area contributed by atoms with E-state index in [1.165, 1.54) is 19.3 Å². The first-order chi connectivity index (χ1) is 7.85. The van der Waals surface area contributed by atoms with E-state index in [0.29, 0.717) is 11.3 Å². The molecule has 1 saturated carbocycles. The molecule has 0 aromatic rings. The van der Waals surface area contributed by atoms with Crippen molar-refractivity contribution in [3.05, 3.63) is 0 Å². The third-order valence-electron chi connectivity index (χ3n) is 3.15. The topological polar surface area (TPSA) is 29.5 Å². The Morgan fingerprint density at radius 1 is 1.29 bits per heavy atom. The zero-order valence-corrected chi connectivity index (χ0v) is 12.5. The molecule has 3 nitrogen and oxygen atoms in total. The Morgan fingerprint density at radius 2 is 1.88 bits per heavy atom. The molecular formula is C13H25NO2S. The van der Waals surface area contributed by atoms with Gasteiger partial charge in [-0.25, -0.2) is 4.79 Å². The lowest BCUT2D eigenvalue weighted by Gasteiger charge is -2.37. The highest BCUT2D eigenvalue weighted by molar-refractivity contribution is 7.99. The van der Waals surface area contributed by atoms with Crippen LogP contribution in [0.1, 0.15) is 46.5 Å². The van der Waals surface area contributed by atoms with E-state index in [4.69, 9.17) is 4.74 Å². The average Bonchev–Trinajstić information content (AvgIpc) is 2.25. The number of rotatable bonds is 2. The minimum absolute atomic E-state index is 0.191. The molecule has 2 unspecified atom stereocenters. The predicted molar refractivity (Wildman–Crippen MR) is 73.6 cm³/mol. The molecular weight excluding hydrogens is 234 g/mol. The standard InChI is InChI=1S/C13H25NO2S/c1-13(2,3)16-12(15)14(4)10-8-6-7-9-11(10)17-5/h10-11H,6-9H2,1-5H3. The molecule has 100 valence electrons. The van der Waals surface area contributed by atoms with Crippen molar-refractivity contribution in [2.45, 2.75) is 63.3 Å². The number of carbonyl (C=O) groups excluding carboxylic acids is 1. The molecule has 1 aliphatic rings. The summed E-state index contributed by atoms with van der Waals surface area (Å²) in [6, 6.07) is 0.327. The molecule has 1 aliphatic carbocycles. The Kier molecular flexibility index (Phi) is 5.17. The molecule has 0 heterocycles. The van der Waals surface area contributed by atoms with Crippen molar-refractivity contribution in [2.75, 3.05) is 13.3 Å². The van der Waals surface area contributed by atoms with Gasteiger partial charge in [-0.3, -0.25) is 0 Å². The van der Waals surface area contributed by atoms with Gasteiger partial charge in [-0.05, 0) is 39.9 Å². The highest BCUT2D eigenvalue weighted by Gasteiger charge is 2.32. The molecule has 0 aliphatic heterocycles. The van der Waals surface area contributed by atoms with Crippen LogP contribution in [-0.4, -0.2) is 41.2 Å². The van der Waals surface area contributed by atoms with E-state index in [1.54, 1.807) is 4.90 Å². The second kappa shape index (κ2) is 5.98. The highest BCUT2D eigenvalue weighted by Crippen LogP contribution is 2.30. The summed E-state index contributed by atoms with van der Waals surface area (Å²) < 4.78 is 5.42. The molecule has 0 N–H and O–H groups in total. The molecule has 0 aromatic heterocycles. The predicted octanol–water partition coefficient (Wildman–Crippen LogP) is 3.53. The van der Waals surface area contributed by atoms with Gasteiger partial charge >= 0.3 is 6.09 Å². The molecule has 1 fully saturated rings. The Morgan fingerprint density at radius 3 is 2.41 bits per heavy atom. The van der Waals surface area contributed by atoms with Crippen LogP contribution in [0.4, 0.5) is 4.79 Å². The lowest BCUT2D eigenvalue weighted by atomic mass is 9.94. The minimum Gasteiger partial charge on any atom is -0.444 e. The van der Waals surface area contributed by atoms with Crippen molar-refractivity contribution in [3.63, 3.8) is 0 Å². The zero-order valence-electron chi connectivity index (χ0n) is 11.7. The average molecular weight is 259 g/mol. The van der Waals surface area contributed by atoms with Gasteiger partial charge in [-0.2, -0.15) is 11.8 Å². The number of hydrogen-bond acceptors (Lipinski definition) is 3. The van der Waals surface area contributed by atoms with Crippen LogP contribution in [0.15, 0.2) is 0 Å². The van der Waals surface area contributed by atoms with Crippen LogP contribution in [0, 0.1) is 0 Å². The smallest absolute Gasteiger partial charge is 0.410 e. The quantitative estimate of drug-likeness (QED) is 0.760. The first-order valence-corrected chi connectivity index (χ1v) is 7.62. The van der Waals surface area contributed by atoms with Crippen molar-refractivity contribution < 1.29 is 9.53 Å². The van der Waals surface area contributed by atoms with E-state index in [-0.39, 0.29) is 6.09 Å². The first-order valence-electron chi connectivity index (χ1n) is 6.34. The molecule has 0 bridgehead atoms. The van der Waals surface area contributed by atoms with Gasteiger partial charge in [0.05, 0.1) is 0 Å². The van der Waals surface area contributed by atoms with Crippen LogP contribution in [-0.2, 0) is 4.74 Å². The summed E-state index contributed by atoms with van der Waals surface area (Å²) in [6.45, 7) is 5.73. The van der Waals surface area contributed by atoms with Crippen molar-refractivity contribution in [2.24, 2.45) is 0 Å². The van der Waals surface area contributed by atoms with Gasteiger partial charge in [0.2, 0.25) is 0 Å². The Bertz CT molecular complexity index is 263. The summed E-state index contributed by atoms with van der Waals surface area (Å²) in [7, 11) is 1.87. The van der Waals surface area contributed by atoms with Gasteiger partial charge in [0, 0.05) is 18.3 Å². The summed E-state index contributed by atoms with van der Waals surface area (Å²) in [6.07, 6.45) is 6.74. The minimum atomic E-state index is -0.408. The van der Waals surface area contributed by atoms with Gasteiger partial charge in [0.25, 0.3) is 0 Å². The van der Waals surface area contributed by atoms with Gasteiger partial charge in [-0.1, -0.05) is 12.8 Å². The maximum Gasteiger partial charge on any atom is 0.410 e. The van der Waals surface area contributed by atoms with Crippen molar-refractivity contribution in [1.29, 1.82) is 0 Å². The number of nitrogens with zero attached hydrogens (tertiary/aromatic N) is 1. The van der Waals surface area contributed by atoms with Gasteiger partial charge < -0.3 is 9.64 Å². The molecule has 2 atom stereocenters. The summed E-state index contributed by atoms with van der Waals surface area (Å²) in [5, 5.41) is 0.557. The van der Waals surface area contributed by atoms with Crippen molar-refractivity contribution >= 4 is 17.9 Å². The van der Waals surface area contributed by atoms with Gasteiger partial charge in [-0.15, -0.1) is 0 Å². The third-order valence-corrected chi connectivity index (χ3v) is 4.30. The lowest BCUT2D eigenvalue weighted by molar-refractivity contribution is 0.0195. The lowest BCUT2D eigenvalue weighted by Crippen LogP contribution is -2.46. The number of hydrogen-bond donors (Lipinski definition) is 0. The number of carbonyl (C=O) groups is 1. The summed E-state index contributed by atoms with van der Waals surface area (Å²) in [5.41, 5.74) is -0.408. The van der Waals surface area contributed by atoms with Crippen LogP contribution in [0.25, 0.3) is 0 Å². The number of ether oxygens (including phenoxy) is 1. The van der Waals surface area contributed by atoms with Crippen LogP contribution < -0.4 is 0 Å². The first kappa shape index (κ1) is 14.7. The number of thioether (sulfide) groups is 1. The molecule has 0 radical (unpaired) electrons. The van der Waals surface area contributed by atoms with Crippen molar-refractivity contribution in [3.8, 4) is 0 Å². The van der Waals surface area contributed by atoms with E-state index in [1.807, 2.05) is 39.6 Å². The van der Waals surface area contributed by atoms with E-state index >= 15 is 0 Å². The maximum absolute atomic E-state index is 12.0. The summed E-state index contributed by atoms with van der Waals surface area (Å²) in [4.78, 5) is 13.8. The third kappa shape index (κ3) is 4.41. The van der Waals surface area contributed by atoms with Gasteiger partial charge in [0.1, 0.15) is 5.60 Å². The normalized spacial score (nSPS) is 25.5. The van der Waals surface area contributed by atoms with Gasteiger partial charge in [0.15, 0.2) is 0 Å². The SMILES string of the molecule is CSC1CCCCC1N(C)C(=O)OC(C)(C)C. The van der Waals surface area contributed by atoms with Crippen LogP contribution in [0.5, 0.6) is 0 Å². The summed E-state index contributed by atoms with van der Waals surface area (Å²) >= 11 is 1.87. The largest absolute Gasteiger partial charge is 0.444 e. The monoisotopic (exact) mass is 259 g/mol. The second-order valence-corrected chi connectivity index (χ2v) is 6.79. The fourth-order valence-corrected chi connectivity index (χ4v) is 3.30. The fourth-order valence-electron chi connectivity index (χ4n) is 2.26.